The lowest BCUT2D eigenvalue weighted by Crippen LogP contribution is -2.31. The fourth-order valence-corrected chi connectivity index (χ4v) is 3.72. The van der Waals surface area contributed by atoms with E-state index in [4.69, 9.17) is 9.15 Å². The van der Waals surface area contributed by atoms with Crippen LogP contribution in [0.2, 0.25) is 0 Å². The van der Waals surface area contributed by atoms with Crippen molar-refractivity contribution in [3.05, 3.63) is 75.6 Å². The number of benzene rings is 2. The molecule has 6 nitrogen and oxygen atoms in total. The van der Waals surface area contributed by atoms with Crippen molar-refractivity contribution in [1.82, 2.24) is 4.90 Å². The van der Waals surface area contributed by atoms with Crippen LogP contribution in [0.5, 0.6) is 5.75 Å². The van der Waals surface area contributed by atoms with Crippen LogP contribution >= 0.6 is 0 Å². The van der Waals surface area contributed by atoms with Crippen molar-refractivity contribution in [2.24, 2.45) is 0 Å². The summed E-state index contributed by atoms with van der Waals surface area (Å²) in [6.07, 6.45) is 0.636. The molecule has 0 bridgehead atoms. The van der Waals surface area contributed by atoms with Crippen LogP contribution in [-0.4, -0.2) is 35.7 Å². The number of phenols is 1. The molecule has 2 aromatic carbocycles. The van der Waals surface area contributed by atoms with Crippen LogP contribution in [0, 0.1) is 0 Å². The van der Waals surface area contributed by atoms with Crippen LogP contribution in [-0.2, 0) is 4.74 Å². The number of ether oxygens (including phenoxy) is 1. The first-order valence-corrected chi connectivity index (χ1v) is 9.35. The van der Waals surface area contributed by atoms with Gasteiger partial charge in [0.2, 0.25) is 5.76 Å². The standard InChI is InChI=1S/C22H21NO5/c1-2-27-12-6-11-23-19(14-7-5-8-15(24)13-14)18-20(25)16-9-3-4-10-17(16)28-21(18)22(23)26/h3-5,7-10,13,19,24H,2,6,11-12H2,1H3/t19-/m1/s1. The number of aromatic hydroxyl groups is 1. The molecule has 0 fully saturated rings. The first-order valence-electron chi connectivity index (χ1n) is 9.35. The van der Waals surface area contributed by atoms with E-state index < -0.39 is 6.04 Å². The Balaban J connectivity index is 1.85. The van der Waals surface area contributed by atoms with Gasteiger partial charge in [-0.1, -0.05) is 24.3 Å². The van der Waals surface area contributed by atoms with Gasteiger partial charge in [0.25, 0.3) is 5.91 Å². The highest BCUT2D eigenvalue weighted by atomic mass is 16.5. The zero-order valence-corrected chi connectivity index (χ0v) is 15.6. The van der Waals surface area contributed by atoms with Gasteiger partial charge >= 0.3 is 0 Å². The molecule has 0 spiro atoms. The van der Waals surface area contributed by atoms with Gasteiger partial charge in [-0.3, -0.25) is 9.59 Å². The van der Waals surface area contributed by atoms with Crippen LogP contribution in [0.25, 0.3) is 11.0 Å². The summed E-state index contributed by atoms with van der Waals surface area (Å²) < 4.78 is 11.2. The number of carbonyl (C=O) groups excluding carboxylic acids is 1. The lowest BCUT2D eigenvalue weighted by Gasteiger charge is -2.25. The Morgan fingerprint density at radius 2 is 1.96 bits per heavy atom. The van der Waals surface area contributed by atoms with Gasteiger partial charge in [-0.2, -0.15) is 0 Å². The number of carbonyl (C=O) groups is 1. The van der Waals surface area contributed by atoms with Crippen LogP contribution in [0.3, 0.4) is 0 Å². The molecule has 0 saturated heterocycles. The maximum atomic E-state index is 13.2. The molecule has 1 amide bonds. The number of nitrogens with zero attached hydrogens (tertiary/aromatic N) is 1. The largest absolute Gasteiger partial charge is 0.508 e. The van der Waals surface area contributed by atoms with Gasteiger partial charge in [-0.05, 0) is 43.2 Å². The number of amides is 1. The van der Waals surface area contributed by atoms with Crippen molar-refractivity contribution < 1.29 is 19.1 Å². The Hall–Kier alpha value is -3.12. The molecule has 1 aromatic heterocycles. The Labute approximate surface area is 162 Å². The van der Waals surface area contributed by atoms with Gasteiger partial charge in [-0.25, -0.2) is 0 Å². The topological polar surface area (TPSA) is 80.0 Å². The third-order valence-electron chi connectivity index (χ3n) is 4.95. The highest BCUT2D eigenvalue weighted by Crippen LogP contribution is 2.38. The predicted molar refractivity (Wildman–Crippen MR) is 105 cm³/mol. The molecule has 1 atom stereocenters. The predicted octanol–water partition coefficient (Wildman–Crippen LogP) is 3.47. The van der Waals surface area contributed by atoms with Crippen molar-refractivity contribution >= 4 is 16.9 Å². The molecule has 1 aliphatic heterocycles. The number of phenolic OH excluding ortho intramolecular Hbond substituents is 1. The summed E-state index contributed by atoms with van der Waals surface area (Å²) in [5.41, 5.74) is 1.17. The van der Waals surface area contributed by atoms with Crippen LogP contribution < -0.4 is 5.43 Å². The van der Waals surface area contributed by atoms with Gasteiger partial charge in [0, 0.05) is 19.8 Å². The molecule has 0 aliphatic carbocycles. The van der Waals surface area contributed by atoms with Gasteiger partial charge in [-0.15, -0.1) is 0 Å². The molecule has 3 aromatic rings. The quantitative estimate of drug-likeness (QED) is 0.664. The maximum Gasteiger partial charge on any atom is 0.290 e. The van der Waals surface area contributed by atoms with Crippen molar-refractivity contribution in [1.29, 1.82) is 0 Å². The van der Waals surface area contributed by atoms with Crippen LogP contribution in [0.1, 0.15) is 41.1 Å². The number of fused-ring (bicyclic) bond motifs is 2. The van der Waals surface area contributed by atoms with E-state index in [1.165, 1.54) is 0 Å². The second kappa shape index (κ2) is 7.48. The molecule has 0 saturated carbocycles. The fraction of sp³-hybridized carbons (Fsp3) is 0.273. The summed E-state index contributed by atoms with van der Waals surface area (Å²) in [5.74, 6) is -0.158. The van der Waals surface area contributed by atoms with E-state index in [2.05, 4.69) is 0 Å². The van der Waals surface area contributed by atoms with Gasteiger partial charge in [0.1, 0.15) is 11.3 Å². The number of hydrogen-bond acceptors (Lipinski definition) is 5. The SMILES string of the molecule is CCOCCCN1C(=O)c2oc3ccccc3c(=O)c2[C@H]1c1cccc(O)c1. The van der Waals surface area contributed by atoms with Crippen LogP contribution in [0.4, 0.5) is 0 Å². The Morgan fingerprint density at radius 3 is 2.75 bits per heavy atom. The van der Waals surface area contributed by atoms with Crippen molar-refractivity contribution in [3.63, 3.8) is 0 Å². The summed E-state index contributed by atoms with van der Waals surface area (Å²) in [4.78, 5) is 28.0. The summed E-state index contributed by atoms with van der Waals surface area (Å²) in [7, 11) is 0. The smallest absolute Gasteiger partial charge is 0.290 e. The van der Waals surface area contributed by atoms with E-state index >= 15 is 0 Å². The molecular formula is C22H21NO5. The minimum Gasteiger partial charge on any atom is -0.508 e. The van der Waals surface area contributed by atoms with E-state index in [1.54, 1.807) is 53.4 Å². The monoisotopic (exact) mass is 379 g/mol. The van der Waals surface area contributed by atoms with E-state index in [1.807, 2.05) is 6.92 Å². The molecule has 6 heteroatoms. The van der Waals surface area contributed by atoms with Gasteiger partial charge in [0.05, 0.1) is 17.0 Å². The number of hydrogen-bond donors (Lipinski definition) is 1. The summed E-state index contributed by atoms with van der Waals surface area (Å²) in [6, 6.07) is 13.0. The Kier molecular flexibility index (Phi) is 4.88. The lowest BCUT2D eigenvalue weighted by molar-refractivity contribution is 0.0695. The number of para-hydroxylation sites is 1. The second-order valence-corrected chi connectivity index (χ2v) is 6.72. The fourth-order valence-electron chi connectivity index (χ4n) is 3.72. The second-order valence-electron chi connectivity index (χ2n) is 6.72. The Bertz CT molecular complexity index is 1090. The minimum atomic E-state index is -0.600. The van der Waals surface area contributed by atoms with Crippen molar-refractivity contribution in [2.75, 3.05) is 19.8 Å². The van der Waals surface area contributed by atoms with Gasteiger partial charge in [0.15, 0.2) is 5.43 Å². The maximum absolute atomic E-state index is 13.2. The number of rotatable bonds is 6. The average molecular weight is 379 g/mol. The molecule has 1 aliphatic rings. The molecule has 1 N–H and O–H groups in total. The molecule has 144 valence electrons. The van der Waals surface area contributed by atoms with Crippen molar-refractivity contribution in [2.45, 2.75) is 19.4 Å². The summed E-state index contributed by atoms with van der Waals surface area (Å²) >= 11 is 0. The Morgan fingerprint density at radius 1 is 1.14 bits per heavy atom. The average Bonchev–Trinajstić information content (AvgIpc) is 2.98. The van der Waals surface area contributed by atoms with E-state index in [0.717, 1.165) is 0 Å². The molecule has 4 rings (SSSR count). The van der Waals surface area contributed by atoms with E-state index in [-0.39, 0.29) is 22.8 Å². The minimum absolute atomic E-state index is 0.0773. The summed E-state index contributed by atoms with van der Waals surface area (Å²) in [6.45, 7) is 3.46. The first kappa shape index (κ1) is 18.3. The summed E-state index contributed by atoms with van der Waals surface area (Å²) in [5, 5.41) is 10.4. The zero-order valence-electron chi connectivity index (χ0n) is 15.6. The van der Waals surface area contributed by atoms with E-state index in [0.29, 0.717) is 48.3 Å². The molecule has 0 unspecified atom stereocenters. The molecule has 28 heavy (non-hydrogen) atoms. The van der Waals surface area contributed by atoms with E-state index in [9.17, 15) is 14.7 Å². The third kappa shape index (κ3) is 3.05. The highest BCUT2D eigenvalue weighted by molar-refractivity contribution is 5.99. The van der Waals surface area contributed by atoms with Crippen molar-refractivity contribution in [3.8, 4) is 5.75 Å². The highest BCUT2D eigenvalue weighted by Gasteiger charge is 2.42. The zero-order chi connectivity index (χ0) is 19.7. The molecule has 2 heterocycles. The normalized spacial score (nSPS) is 16.0. The first-order chi connectivity index (χ1) is 13.6. The molecule has 0 radical (unpaired) electrons. The lowest BCUT2D eigenvalue weighted by atomic mass is 9.98. The van der Waals surface area contributed by atoms with Gasteiger partial charge < -0.3 is 19.2 Å². The third-order valence-corrected chi connectivity index (χ3v) is 4.95. The van der Waals surface area contributed by atoms with Crippen LogP contribution in [0.15, 0.2) is 57.7 Å². The molecular weight excluding hydrogens is 358 g/mol.